The second-order valence-electron chi connectivity index (χ2n) is 11.2. The highest BCUT2D eigenvalue weighted by molar-refractivity contribution is 5.97. The second kappa shape index (κ2) is 12.8. The Hall–Kier alpha value is -4.25. The highest BCUT2D eigenvalue weighted by Gasteiger charge is 2.45. The van der Waals surface area contributed by atoms with Crippen LogP contribution in [0.1, 0.15) is 49.0 Å². The van der Waals surface area contributed by atoms with E-state index in [2.05, 4.69) is 9.64 Å². The molecule has 0 aliphatic carbocycles. The quantitative estimate of drug-likeness (QED) is 0.271. The summed E-state index contributed by atoms with van der Waals surface area (Å²) in [7, 11) is 0. The number of likely N-dealkylation sites (tertiary alicyclic amines) is 1. The second-order valence-corrected chi connectivity index (χ2v) is 11.2. The number of piperidine rings is 1. The molecular formula is C33H35F3N2O6. The maximum absolute atomic E-state index is 13.2. The molecule has 1 amide bonds. The van der Waals surface area contributed by atoms with Crippen LogP contribution in [-0.2, 0) is 11.3 Å². The summed E-state index contributed by atoms with van der Waals surface area (Å²) >= 11 is 0. The fourth-order valence-corrected chi connectivity index (χ4v) is 6.12. The number of aromatic carboxylic acids is 1. The molecule has 234 valence electrons. The number of hydrogen-bond acceptors (Lipinski definition) is 6. The van der Waals surface area contributed by atoms with Gasteiger partial charge in [-0.05, 0) is 93.2 Å². The van der Waals surface area contributed by atoms with E-state index in [0.717, 1.165) is 31.5 Å². The maximum atomic E-state index is 13.2. The largest absolute Gasteiger partial charge is 0.573 e. The van der Waals surface area contributed by atoms with E-state index in [9.17, 15) is 27.9 Å². The summed E-state index contributed by atoms with van der Waals surface area (Å²) in [6.07, 6.45) is -2.78. The minimum absolute atomic E-state index is 0.0367. The van der Waals surface area contributed by atoms with Crippen LogP contribution in [0.5, 0.6) is 17.2 Å². The number of rotatable bonds is 10. The molecule has 11 heteroatoms. The van der Waals surface area contributed by atoms with Crippen molar-refractivity contribution >= 4 is 17.6 Å². The van der Waals surface area contributed by atoms with Gasteiger partial charge in [0.2, 0.25) is 5.91 Å². The molecule has 2 aliphatic heterocycles. The lowest BCUT2D eigenvalue weighted by Gasteiger charge is -2.39. The van der Waals surface area contributed by atoms with Crippen molar-refractivity contribution < 1.29 is 42.1 Å². The third kappa shape index (κ3) is 6.93. The number of halogens is 3. The van der Waals surface area contributed by atoms with Crippen molar-refractivity contribution in [3.63, 3.8) is 0 Å². The van der Waals surface area contributed by atoms with Gasteiger partial charge in [0, 0.05) is 30.8 Å². The first kappa shape index (κ1) is 31.2. The van der Waals surface area contributed by atoms with E-state index in [1.807, 2.05) is 26.0 Å². The molecule has 8 nitrogen and oxygen atoms in total. The van der Waals surface area contributed by atoms with E-state index in [4.69, 9.17) is 9.47 Å². The Kier molecular flexibility index (Phi) is 9.05. The van der Waals surface area contributed by atoms with Crippen molar-refractivity contribution in [1.29, 1.82) is 0 Å². The van der Waals surface area contributed by atoms with Gasteiger partial charge in [-0.15, -0.1) is 13.2 Å². The van der Waals surface area contributed by atoms with E-state index >= 15 is 0 Å². The standard InChI is InChI=1S/C33H35F3N2O6/c1-3-42-27-17-22(18-28(43-4-2)30(27)25-7-5-6-8-26(25)44-33(34,35)36)20-37-15-13-32(14-16-37)19-29(39)38(21-32)24-11-9-23(10-12-24)31(40)41/h5-12,17-18H,3-4,13-16,19-21H2,1-2H3,(H,40,41). The number of carbonyl (C=O) groups is 2. The number of carboxylic acid groups (broad SMARTS) is 1. The number of nitrogens with zero attached hydrogens (tertiary/aromatic N) is 2. The summed E-state index contributed by atoms with van der Waals surface area (Å²) in [5.74, 6) is -0.495. The van der Waals surface area contributed by atoms with Gasteiger partial charge in [-0.3, -0.25) is 9.69 Å². The van der Waals surface area contributed by atoms with Crippen molar-refractivity contribution in [1.82, 2.24) is 4.90 Å². The number of benzene rings is 3. The van der Waals surface area contributed by atoms with Gasteiger partial charge in [0.05, 0.1) is 24.3 Å². The zero-order valence-corrected chi connectivity index (χ0v) is 24.7. The van der Waals surface area contributed by atoms with Gasteiger partial charge < -0.3 is 24.2 Å². The molecule has 1 N–H and O–H groups in total. The number of amides is 1. The van der Waals surface area contributed by atoms with Gasteiger partial charge in [-0.1, -0.05) is 18.2 Å². The van der Waals surface area contributed by atoms with Crippen LogP contribution < -0.4 is 19.1 Å². The zero-order chi connectivity index (χ0) is 31.5. The van der Waals surface area contributed by atoms with Crippen molar-refractivity contribution in [3.8, 4) is 28.4 Å². The topological polar surface area (TPSA) is 88.5 Å². The molecular weight excluding hydrogens is 577 g/mol. The van der Waals surface area contributed by atoms with E-state index in [1.165, 1.54) is 24.3 Å². The van der Waals surface area contributed by atoms with E-state index in [1.54, 1.807) is 29.2 Å². The summed E-state index contributed by atoms with van der Waals surface area (Å²) in [4.78, 5) is 28.2. The lowest BCUT2D eigenvalue weighted by molar-refractivity contribution is -0.274. The Morgan fingerprint density at radius 3 is 2.11 bits per heavy atom. The predicted octanol–water partition coefficient (Wildman–Crippen LogP) is 6.77. The molecule has 3 aromatic carbocycles. The molecule has 2 aliphatic rings. The number of carbonyl (C=O) groups excluding carboxylic acids is 1. The Morgan fingerprint density at radius 2 is 1.55 bits per heavy atom. The number of ether oxygens (including phenoxy) is 3. The average molecular weight is 613 g/mol. The van der Waals surface area contributed by atoms with E-state index in [-0.39, 0.29) is 28.2 Å². The van der Waals surface area contributed by atoms with Gasteiger partial charge in [0.15, 0.2) is 0 Å². The summed E-state index contributed by atoms with van der Waals surface area (Å²) in [5.41, 5.74) is 2.24. The van der Waals surface area contributed by atoms with Gasteiger partial charge >= 0.3 is 12.3 Å². The summed E-state index contributed by atoms with van der Waals surface area (Å²) in [6, 6.07) is 16.0. The SMILES string of the molecule is CCOc1cc(CN2CCC3(CC2)CC(=O)N(c2ccc(C(=O)O)cc2)C3)cc(OCC)c1-c1ccccc1OC(F)(F)F. The molecule has 44 heavy (non-hydrogen) atoms. The molecule has 0 radical (unpaired) electrons. The monoisotopic (exact) mass is 612 g/mol. The molecule has 0 aromatic heterocycles. The van der Waals surface area contributed by atoms with E-state index in [0.29, 0.717) is 55.5 Å². The predicted molar refractivity (Wildman–Crippen MR) is 158 cm³/mol. The Labute approximate surface area is 253 Å². The minimum atomic E-state index is -4.86. The Balaban J connectivity index is 1.33. The van der Waals surface area contributed by atoms with E-state index < -0.39 is 12.3 Å². The molecule has 0 unspecified atom stereocenters. The fraction of sp³-hybridized carbons (Fsp3) is 0.394. The molecule has 2 saturated heterocycles. The van der Waals surface area contributed by atoms with Crippen molar-refractivity contribution in [2.75, 3.05) is 37.7 Å². The summed E-state index contributed by atoms with van der Waals surface area (Å²) in [5, 5.41) is 9.18. The summed E-state index contributed by atoms with van der Waals surface area (Å²) < 4.78 is 55.9. The van der Waals surface area contributed by atoms with Crippen LogP contribution in [-0.4, -0.2) is 61.1 Å². The number of carboxylic acids is 1. The number of hydrogen-bond donors (Lipinski definition) is 1. The highest BCUT2D eigenvalue weighted by Crippen LogP contribution is 2.46. The van der Waals surface area contributed by atoms with Crippen LogP contribution in [0.2, 0.25) is 0 Å². The van der Waals surface area contributed by atoms with Crippen LogP contribution in [0.15, 0.2) is 60.7 Å². The number of alkyl halides is 3. The van der Waals surface area contributed by atoms with Gasteiger partial charge in [-0.2, -0.15) is 0 Å². The Bertz CT molecular complexity index is 1470. The minimum Gasteiger partial charge on any atom is -0.493 e. The van der Waals surface area contributed by atoms with Crippen LogP contribution >= 0.6 is 0 Å². The van der Waals surface area contributed by atoms with Gasteiger partial charge in [0.25, 0.3) is 0 Å². The molecule has 5 rings (SSSR count). The first-order valence-electron chi connectivity index (χ1n) is 14.6. The molecule has 3 aromatic rings. The van der Waals surface area contributed by atoms with Crippen molar-refractivity contribution in [2.45, 2.75) is 46.0 Å². The van der Waals surface area contributed by atoms with Crippen LogP contribution in [0.4, 0.5) is 18.9 Å². The lowest BCUT2D eigenvalue weighted by Crippen LogP contribution is -2.41. The molecule has 0 saturated carbocycles. The van der Waals surface area contributed by atoms with Crippen LogP contribution in [0.3, 0.4) is 0 Å². The Morgan fingerprint density at radius 1 is 0.932 bits per heavy atom. The van der Waals surface area contributed by atoms with Crippen molar-refractivity contribution in [3.05, 3.63) is 71.8 Å². The first-order valence-corrected chi connectivity index (χ1v) is 14.6. The number of anilines is 1. The zero-order valence-electron chi connectivity index (χ0n) is 24.7. The molecule has 2 fully saturated rings. The smallest absolute Gasteiger partial charge is 0.493 e. The van der Waals surface area contributed by atoms with Crippen LogP contribution in [0, 0.1) is 5.41 Å². The molecule has 2 heterocycles. The van der Waals surface area contributed by atoms with Crippen LogP contribution in [0.25, 0.3) is 11.1 Å². The number of para-hydroxylation sites is 1. The third-order valence-electron chi connectivity index (χ3n) is 8.18. The highest BCUT2D eigenvalue weighted by atomic mass is 19.4. The van der Waals surface area contributed by atoms with Gasteiger partial charge in [0.1, 0.15) is 17.2 Å². The average Bonchev–Trinajstić information content (AvgIpc) is 3.30. The first-order chi connectivity index (χ1) is 21.0. The van der Waals surface area contributed by atoms with Gasteiger partial charge in [-0.25, -0.2) is 4.79 Å². The van der Waals surface area contributed by atoms with Crippen molar-refractivity contribution in [2.24, 2.45) is 5.41 Å². The molecule has 0 bridgehead atoms. The summed E-state index contributed by atoms with van der Waals surface area (Å²) in [6.45, 7) is 6.92. The lowest BCUT2D eigenvalue weighted by atomic mass is 9.77. The molecule has 1 spiro atoms. The normalized spacial score (nSPS) is 16.8. The maximum Gasteiger partial charge on any atom is 0.573 e. The molecule has 0 atom stereocenters. The fourth-order valence-electron chi connectivity index (χ4n) is 6.12. The third-order valence-corrected chi connectivity index (χ3v) is 8.18.